The van der Waals surface area contributed by atoms with Crippen LogP contribution in [-0.2, 0) is 9.47 Å². The Labute approximate surface area is 122 Å². The van der Waals surface area contributed by atoms with Crippen molar-refractivity contribution in [1.82, 2.24) is 0 Å². The second-order valence-corrected chi connectivity index (χ2v) is 3.10. The molecule has 0 bridgehead atoms. The molecule has 1 aliphatic heterocycles. The Morgan fingerprint density at radius 1 is 1.38 bits per heavy atom. The summed E-state index contributed by atoms with van der Waals surface area (Å²) in [7, 11) is 1.64. The third-order valence-corrected chi connectivity index (χ3v) is 2.16. The molecule has 0 aromatic heterocycles. The topological polar surface area (TPSA) is 27.7 Å². The molecule has 5 heteroatoms. The van der Waals surface area contributed by atoms with Gasteiger partial charge in [0.05, 0.1) is 20.3 Å². The Hall–Kier alpha value is 0.186. The van der Waals surface area contributed by atoms with Crippen LogP contribution in [0.3, 0.4) is 0 Å². The summed E-state index contributed by atoms with van der Waals surface area (Å²) >= 11 is 0. The van der Waals surface area contributed by atoms with Gasteiger partial charge in [0.1, 0.15) is 6.29 Å². The molecule has 1 fully saturated rings. The molecular formula is C11H13BrMgO3. The van der Waals surface area contributed by atoms with Crippen molar-refractivity contribution in [2.24, 2.45) is 0 Å². The first-order chi connectivity index (χ1) is 6.92. The van der Waals surface area contributed by atoms with E-state index in [9.17, 15) is 0 Å². The van der Waals surface area contributed by atoms with Gasteiger partial charge in [0.15, 0.2) is 0 Å². The van der Waals surface area contributed by atoms with Crippen molar-refractivity contribution >= 4 is 23.1 Å². The average molecular weight is 297 g/mol. The van der Waals surface area contributed by atoms with Crippen molar-refractivity contribution in [3.63, 3.8) is 0 Å². The Balaban J connectivity index is 0.00000112. The van der Waals surface area contributed by atoms with Crippen molar-refractivity contribution in [2.45, 2.75) is 12.7 Å². The summed E-state index contributed by atoms with van der Waals surface area (Å²) in [5, 5.41) is 0. The number of hydrogen-bond acceptors (Lipinski definition) is 3. The quantitative estimate of drug-likeness (QED) is 0.494. The molecule has 0 unspecified atom stereocenters. The zero-order chi connectivity index (χ0) is 9.80. The monoisotopic (exact) mass is 296 g/mol. The van der Waals surface area contributed by atoms with Crippen LogP contribution in [0.25, 0.3) is 0 Å². The van der Waals surface area contributed by atoms with Gasteiger partial charge in [-0.05, 0) is 6.42 Å². The van der Waals surface area contributed by atoms with E-state index in [0.717, 1.165) is 30.9 Å². The molecule has 0 saturated carbocycles. The molecule has 1 heterocycles. The van der Waals surface area contributed by atoms with Gasteiger partial charge in [0, 0.05) is 5.75 Å². The van der Waals surface area contributed by atoms with Crippen molar-refractivity contribution in [3.8, 4) is 5.75 Å². The van der Waals surface area contributed by atoms with Crippen LogP contribution in [0.1, 0.15) is 18.3 Å². The van der Waals surface area contributed by atoms with Gasteiger partial charge < -0.3 is 31.2 Å². The van der Waals surface area contributed by atoms with Crippen molar-refractivity contribution in [1.29, 1.82) is 0 Å². The van der Waals surface area contributed by atoms with E-state index in [-0.39, 0.29) is 46.3 Å². The Kier molecular flexibility index (Phi) is 8.40. The van der Waals surface area contributed by atoms with Crippen LogP contribution in [0.4, 0.5) is 0 Å². The van der Waals surface area contributed by atoms with Crippen molar-refractivity contribution < 1.29 is 31.2 Å². The number of hydrogen-bond donors (Lipinski definition) is 0. The maximum absolute atomic E-state index is 5.48. The largest absolute Gasteiger partial charge is 2.00 e. The van der Waals surface area contributed by atoms with Crippen LogP contribution in [0.15, 0.2) is 18.2 Å². The zero-order valence-electron chi connectivity index (χ0n) is 9.24. The zero-order valence-corrected chi connectivity index (χ0v) is 12.2. The predicted octanol–water partition coefficient (Wildman–Crippen LogP) is -1.45. The van der Waals surface area contributed by atoms with Gasteiger partial charge in [0.25, 0.3) is 0 Å². The standard InChI is InChI=1S/C11H13O3.BrH.Mg/c1-12-10-6-3-2-5-9(10)11-13-7-4-8-14-11;;/h3,5-6,11H,4,7-8H2,1H3;1H;/q-1;;+2/p-1. The summed E-state index contributed by atoms with van der Waals surface area (Å²) < 4.78 is 16.2. The van der Waals surface area contributed by atoms with Gasteiger partial charge >= 0.3 is 23.1 Å². The minimum absolute atomic E-state index is 0. The Morgan fingerprint density at radius 3 is 2.69 bits per heavy atom. The number of benzene rings is 1. The van der Waals surface area contributed by atoms with Crippen LogP contribution in [0.5, 0.6) is 5.75 Å². The van der Waals surface area contributed by atoms with Gasteiger partial charge in [-0.2, -0.15) is 18.2 Å². The van der Waals surface area contributed by atoms with E-state index in [0.29, 0.717) is 0 Å². The van der Waals surface area contributed by atoms with E-state index in [4.69, 9.17) is 14.2 Å². The van der Waals surface area contributed by atoms with Crippen LogP contribution >= 0.6 is 0 Å². The number of ether oxygens (including phenoxy) is 3. The number of halogens is 1. The molecule has 0 atom stereocenters. The molecular weight excluding hydrogens is 284 g/mol. The molecule has 1 aliphatic rings. The van der Waals surface area contributed by atoms with E-state index in [1.165, 1.54) is 0 Å². The summed E-state index contributed by atoms with van der Waals surface area (Å²) in [4.78, 5) is 0. The number of methoxy groups -OCH3 is 1. The molecule has 1 aromatic rings. The maximum atomic E-state index is 5.48. The van der Waals surface area contributed by atoms with E-state index < -0.39 is 0 Å². The van der Waals surface area contributed by atoms with Crippen molar-refractivity contribution in [2.75, 3.05) is 20.3 Å². The van der Waals surface area contributed by atoms with Crippen LogP contribution < -0.4 is 21.7 Å². The molecule has 0 spiro atoms. The molecule has 16 heavy (non-hydrogen) atoms. The molecule has 0 amide bonds. The summed E-state index contributed by atoms with van der Waals surface area (Å²) in [5.74, 6) is 0.788. The van der Waals surface area contributed by atoms with E-state index in [2.05, 4.69) is 6.07 Å². The second-order valence-electron chi connectivity index (χ2n) is 3.10. The number of rotatable bonds is 2. The average Bonchev–Trinajstić information content (AvgIpc) is 2.30. The fraction of sp³-hybridized carbons (Fsp3) is 0.455. The SMILES string of the molecule is COc1cc[c-]cc1C1OCCCO1.[Br-].[Mg+2]. The van der Waals surface area contributed by atoms with Crippen LogP contribution in [-0.4, -0.2) is 43.4 Å². The van der Waals surface area contributed by atoms with Crippen LogP contribution in [0, 0.1) is 6.07 Å². The minimum Gasteiger partial charge on any atom is -1.00 e. The molecule has 0 aliphatic carbocycles. The predicted molar refractivity (Wildman–Crippen MR) is 56.8 cm³/mol. The summed E-state index contributed by atoms with van der Waals surface area (Å²) in [5.41, 5.74) is 0.912. The molecule has 84 valence electrons. The molecule has 0 N–H and O–H groups in total. The summed E-state index contributed by atoms with van der Waals surface area (Å²) in [6.07, 6.45) is 0.659. The normalized spacial score (nSPS) is 15.8. The smallest absolute Gasteiger partial charge is 1.00 e. The molecule has 2 rings (SSSR count). The van der Waals surface area contributed by atoms with Gasteiger partial charge in [0.2, 0.25) is 0 Å². The van der Waals surface area contributed by atoms with Gasteiger partial charge in [-0.3, -0.25) is 0 Å². The third-order valence-electron chi connectivity index (χ3n) is 2.16. The van der Waals surface area contributed by atoms with Gasteiger partial charge in [-0.15, -0.1) is 6.07 Å². The fourth-order valence-electron chi connectivity index (χ4n) is 1.47. The third kappa shape index (κ3) is 3.89. The van der Waals surface area contributed by atoms with Gasteiger partial charge in [-0.25, -0.2) is 0 Å². The van der Waals surface area contributed by atoms with E-state index in [1.54, 1.807) is 7.11 Å². The Morgan fingerprint density at radius 2 is 2.06 bits per heavy atom. The van der Waals surface area contributed by atoms with E-state index in [1.807, 2.05) is 18.2 Å². The molecule has 1 saturated heterocycles. The van der Waals surface area contributed by atoms with Gasteiger partial charge in [-0.1, -0.05) is 5.56 Å². The van der Waals surface area contributed by atoms with E-state index >= 15 is 0 Å². The fourth-order valence-corrected chi connectivity index (χ4v) is 1.47. The first-order valence-electron chi connectivity index (χ1n) is 4.69. The van der Waals surface area contributed by atoms with Crippen LogP contribution in [0.2, 0.25) is 0 Å². The Bertz CT molecular complexity index is 303. The van der Waals surface area contributed by atoms with Crippen molar-refractivity contribution in [3.05, 3.63) is 29.8 Å². The molecule has 0 radical (unpaired) electrons. The summed E-state index contributed by atoms with van der Waals surface area (Å²) in [6, 6.07) is 8.50. The minimum atomic E-state index is -0.295. The first kappa shape index (κ1) is 16.2. The second kappa shape index (κ2) is 8.30. The maximum Gasteiger partial charge on any atom is 2.00 e. The summed E-state index contributed by atoms with van der Waals surface area (Å²) in [6.45, 7) is 1.48. The first-order valence-corrected chi connectivity index (χ1v) is 4.69. The molecule has 1 aromatic carbocycles. The molecule has 3 nitrogen and oxygen atoms in total.